The normalized spacial score (nSPS) is 56.0. The summed E-state index contributed by atoms with van der Waals surface area (Å²) in [4.78, 5) is 0. The third kappa shape index (κ3) is 1.60. The van der Waals surface area contributed by atoms with Gasteiger partial charge in [-0.3, -0.25) is 0 Å². The van der Waals surface area contributed by atoms with Crippen molar-refractivity contribution in [1.29, 1.82) is 0 Å². The van der Waals surface area contributed by atoms with Gasteiger partial charge in [0.05, 0.1) is 12.2 Å². The molecule has 3 nitrogen and oxygen atoms in total. The van der Waals surface area contributed by atoms with E-state index < -0.39 is 5.79 Å². The average molecular weight is 254 g/mol. The van der Waals surface area contributed by atoms with Crippen molar-refractivity contribution in [3.63, 3.8) is 0 Å². The van der Waals surface area contributed by atoms with Crippen LogP contribution in [0, 0.1) is 17.3 Å². The first-order valence-electron chi connectivity index (χ1n) is 7.60. The van der Waals surface area contributed by atoms with Crippen LogP contribution in [0.15, 0.2) is 0 Å². The second-order valence-corrected chi connectivity index (χ2v) is 6.74. The van der Waals surface area contributed by atoms with Crippen LogP contribution in [0.25, 0.3) is 0 Å². The number of ether oxygens (including phenoxy) is 1. The van der Waals surface area contributed by atoms with Crippen molar-refractivity contribution in [1.82, 2.24) is 0 Å². The minimum atomic E-state index is -0.912. The molecule has 6 unspecified atom stereocenters. The lowest BCUT2D eigenvalue weighted by Crippen LogP contribution is -2.57. The molecule has 0 bridgehead atoms. The molecule has 1 saturated heterocycles. The Morgan fingerprint density at radius 3 is 2.56 bits per heavy atom. The molecule has 0 amide bonds. The predicted molar refractivity (Wildman–Crippen MR) is 68.9 cm³/mol. The average Bonchev–Trinajstić information content (AvgIpc) is 2.66. The summed E-state index contributed by atoms with van der Waals surface area (Å²) in [6.45, 7) is 4.25. The third-order valence-electron chi connectivity index (χ3n) is 6.11. The maximum absolute atomic E-state index is 10.8. The lowest BCUT2D eigenvalue weighted by molar-refractivity contribution is -0.317. The Bertz CT molecular complexity index is 332. The quantitative estimate of drug-likeness (QED) is 0.755. The maximum atomic E-state index is 10.8. The molecule has 6 atom stereocenters. The first kappa shape index (κ1) is 12.9. The molecule has 18 heavy (non-hydrogen) atoms. The van der Waals surface area contributed by atoms with Crippen molar-refractivity contribution in [2.45, 2.75) is 76.8 Å². The van der Waals surface area contributed by atoms with Gasteiger partial charge in [0.2, 0.25) is 0 Å². The number of rotatable bonds is 1. The highest BCUT2D eigenvalue weighted by Gasteiger charge is 2.61. The van der Waals surface area contributed by atoms with Crippen LogP contribution in [0.2, 0.25) is 0 Å². The first-order valence-corrected chi connectivity index (χ1v) is 7.60. The Hall–Kier alpha value is -0.120. The molecule has 0 aromatic heterocycles. The monoisotopic (exact) mass is 254 g/mol. The molecule has 2 aliphatic carbocycles. The minimum absolute atomic E-state index is 0.0564. The summed E-state index contributed by atoms with van der Waals surface area (Å²) in [6, 6.07) is 0. The summed E-state index contributed by atoms with van der Waals surface area (Å²) in [5.41, 5.74) is 0.0564. The highest BCUT2D eigenvalue weighted by molar-refractivity contribution is 5.07. The highest BCUT2D eigenvalue weighted by atomic mass is 16.6. The molecule has 104 valence electrons. The SMILES string of the molecule is CCC12CCC3(O)OC(C)CCC3C1CCC2O. The zero-order valence-corrected chi connectivity index (χ0v) is 11.6. The summed E-state index contributed by atoms with van der Waals surface area (Å²) in [5.74, 6) is -0.228. The molecule has 3 fully saturated rings. The van der Waals surface area contributed by atoms with Crippen molar-refractivity contribution in [2.75, 3.05) is 0 Å². The second-order valence-electron chi connectivity index (χ2n) is 6.74. The van der Waals surface area contributed by atoms with Gasteiger partial charge in [-0.05, 0) is 56.8 Å². The zero-order valence-electron chi connectivity index (χ0n) is 11.6. The number of aliphatic hydroxyl groups excluding tert-OH is 1. The van der Waals surface area contributed by atoms with Gasteiger partial charge in [0.25, 0.3) is 0 Å². The van der Waals surface area contributed by atoms with Crippen LogP contribution in [0.1, 0.15) is 58.8 Å². The molecular weight excluding hydrogens is 228 g/mol. The van der Waals surface area contributed by atoms with E-state index in [4.69, 9.17) is 4.74 Å². The summed E-state index contributed by atoms with van der Waals surface area (Å²) in [5, 5.41) is 21.2. The van der Waals surface area contributed by atoms with Crippen molar-refractivity contribution >= 4 is 0 Å². The van der Waals surface area contributed by atoms with Gasteiger partial charge in [0, 0.05) is 12.3 Å². The van der Waals surface area contributed by atoms with E-state index >= 15 is 0 Å². The van der Waals surface area contributed by atoms with Gasteiger partial charge < -0.3 is 14.9 Å². The van der Waals surface area contributed by atoms with Gasteiger partial charge in [0.15, 0.2) is 5.79 Å². The van der Waals surface area contributed by atoms with Gasteiger partial charge in [-0.2, -0.15) is 0 Å². The van der Waals surface area contributed by atoms with E-state index in [0.717, 1.165) is 38.5 Å². The van der Waals surface area contributed by atoms with E-state index in [1.54, 1.807) is 0 Å². The van der Waals surface area contributed by atoms with E-state index in [9.17, 15) is 10.2 Å². The summed E-state index contributed by atoms with van der Waals surface area (Å²) in [6.07, 6.45) is 6.69. The molecule has 0 radical (unpaired) electrons. The largest absolute Gasteiger partial charge is 0.393 e. The summed E-state index contributed by atoms with van der Waals surface area (Å²) >= 11 is 0. The van der Waals surface area contributed by atoms with Crippen molar-refractivity contribution < 1.29 is 14.9 Å². The van der Waals surface area contributed by atoms with E-state index in [0.29, 0.717) is 12.3 Å². The van der Waals surface area contributed by atoms with Crippen LogP contribution in [0.5, 0.6) is 0 Å². The smallest absolute Gasteiger partial charge is 0.168 e. The molecule has 3 aliphatic rings. The fraction of sp³-hybridized carbons (Fsp3) is 1.00. The molecule has 0 aromatic carbocycles. The van der Waals surface area contributed by atoms with Crippen molar-refractivity contribution in [3.05, 3.63) is 0 Å². The molecule has 2 N–H and O–H groups in total. The zero-order chi connectivity index (χ0) is 13.0. The van der Waals surface area contributed by atoms with Crippen LogP contribution < -0.4 is 0 Å². The number of aliphatic hydroxyl groups is 2. The molecule has 2 saturated carbocycles. The van der Waals surface area contributed by atoms with E-state index in [1.165, 1.54) is 0 Å². The molecule has 3 rings (SSSR count). The van der Waals surface area contributed by atoms with E-state index in [-0.39, 0.29) is 23.5 Å². The Labute approximate surface area is 110 Å². The number of hydrogen-bond acceptors (Lipinski definition) is 3. The van der Waals surface area contributed by atoms with Gasteiger partial charge in [-0.25, -0.2) is 0 Å². The molecule has 3 heteroatoms. The standard InChI is InChI=1S/C15H26O3/c1-3-14-8-9-15(17)12(5-4-10(2)18-15)11(14)6-7-13(14)16/h10-13,16-17H,3-9H2,1-2H3. The highest BCUT2D eigenvalue weighted by Crippen LogP contribution is 2.61. The number of hydrogen-bond donors (Lipinski definition) is 2. The third-order valence-corrected chi connectivity index (χ3v) is 6.11. The predicted octanol–water partition coefficient (Wildman–Crippen LogP) is 2.45. The van der Waals surface area contributed by atoms with E-state index in [1.807, 2.05) is 0 Å². The number of fused-ring (bicyclic) bond motifs is 3. The first-order chi connectivity index (χ1) is 8.52. The van der Waals surface area contributed by atoms with Gasteiger partial charge in [-0.15, -0.1) is 0 Å². The summed E-state index contributed by atoms with van der Waals surface area (Å²) < 4.78 is 5.88. The van der Waals surface area contributed by atoms with Crippen LogP contribution in [-0.4, -0.2) is 28.2 Å². The molecule has 0 spiro atoms. The second kappa shape index (κ2) is 4.19. The Morgan fingerprint density at radius 2 is 1.83 bits per heavy atom. The fourth-order valence-electron chi connectivity index (χ4n) is 5.09. The Balaban J connectivity index is 1.91. The molecular formula is C15H26O3. The molecule has 1 heterocycles. The molecule has 1 aliphatic heterocycles. The van der Waals surface area contributed by atoms with Crippen LogP contribution in [0.3, 0.4) is 0 Å². The van der Waals surface area contributed by atoms with Crippen LogP contribution >= 0.6 is 0 Å². The molecule has 0 aromatic rings. The lowest BCUT2D eigenvalue weighted by atomic mass is 9.57. The Kier molecular flexibility index (Phi) is 3.00. The fourth-order valence-corrected chi connectivity index (χ4v) is 5.09. The van der Waals surface area contributed by atoms with Gasteiger partial charge in [0.1, 0.15) is 0 Å². The minimum Gasteiger partial charge on any atom is -0.393 e. The lowest BCUT2D eigenvalue weighted by Gasteiger charge is -2.55. The summed E-state index contributed by atoms with van der Waals surface area (Å²) in [7, 11) is 0. The van der Waals surface area contributed by atoms with E-state index in [2.05, 4.69) is 13.8 Å². The Morgan fingerprint density at radius 1 is 1.11 bits per heavy atom. The van der Waals surface area contributed by atoms with Crippen molar-refractivity contribution in [2.24, 2.45) is 17.3 Å². The van der Waals surface area contributed by atoms with Crippen LogP contribution in [0.4, 0.5) is 0 Å². The van der Waals surface area contributed by atoms with Crippen LogP contribution in [-0.2, 0) is 4.74 Å². The van der Waals surface area contributed by atoms with Gasteiger partial charge in [-0.1, -0.05) is 6.92 Å². The maximum Gasteiger partial charge on any atom is 0.168 e. The van der Waals surface area contributed by atoms with Crippen molar-refractivity contribution in [3.8, 4) is 0 Å². The van der Waals surface area contributed by atoms with Gasteiger partial charge >= 0.3 is 0 Å². The topological polar surface area (TPSA) is 49.7 Å².